The molecule has 8 heterocycles. The molecular formula is C38H41ClF2N14. The Bertz CT molecular complexity index is 2440. The van der Waals surface area contributed by atoms with E-state index in [2.05, 4.69) is 69.2 Å². The Balaban J connectivity index is 0.000000160. The van der Waals surface area contributed by atoms with Crippen molar-refractivity contribution in [2.45, 2.75) is 52.4 Å². The van der Waals surface area contributed by atoms with Gasteiger partial charge in [0.05, 0.1) is 24.8 Å². The number of halogens is 3. The van der Waals surface area contributed by atoms with Crippen LogP contribution < -0.4 is 11.1 Å². The number of anilines is 1. The van der Waals surface area contributed by atoms with Gasteiger partial charge in [-0.05, 0) is 78.2 Å². The van der Waals surface area contributed by atoms with Crippen LogP contribution in [0.1, 0.15) is 61.8 Å². The van der Waals surface area contributed by atoms with Gasteiger partial charge in [0.2, 0.25) is 11.2 Å². The lowest BCUT2D eigenvalue weighted by Crippen LogP contribution is -2.12. The molecule has 0 radical (unpaired) electrons. The van der Waals surface area contributed by atoms with Gasteiger partial charge in [-0.3, -0.25) is 9.97 Å². The highest BCUT2D eigenvalue weighted by atomic mass is 35.5. The van der Waals surface area contributed by atoms with Gasteiger partial charge in [-0.2, -0.15) is 29.2 Å². The van der Waals surface area contributed by atoms with Gasteiger partial charge in [0, 0.05) is 66.0 Å². The molecule has 0 saturated heterocycles. The summed E-state index contributed by atoms with van der Waals surface area (Å²) in [6, 6.07) is 6.77. The number of rotatable bonds is 10. The fourth-order valence-corrected chi connectivity index (χ4v) is 5.73. The Morgan fingerprint density at radius 2 is 1.24 bits per heavy atom. The Morgan fingerprint density at radius 3 is 1.75 bits per heavy atom. The number of pyridine rings is 2. The molecule has 0 bridgehead atoms. The molecule has 8 aromatic rings. The first-order valence-corrected chi connectivity index (χ1v) is 18.0. The summed E-state index contributed by atoms with van der Waals surface area (Å²) in [5, 5.41) is 12.1. The van der Waals surface area contributed by atoms with E-state index in [1.165, 1.54) is 34.0 Å². The molecule has 14 nitrogen and oxygen atoms in total. The lowest BCUT2D eigenvalue weighted by Gasteiger charge is -2.10. The van der Waals surface area contributed by atoms with Gasteiger partial charge in [0.25, 0.3) is 0 Å². The summed E-state index contributed by atoms with van der Waals surface area (Å²) in [4.78, 5) is 31.5. The highest BCUT2D eigenvalue weighted by molar-refractivity contribution is 6.28. The van der Waals surface area contributed by atoms with E-state index in [1.54, 1.807) is 23.1 Å². The summed E-state index contributed by atoms with van der Waals surface area (Å²) < 4.78 is 30.0. The lowest BCUT2D eigenvalue weighted by molar-refractivity contribution is 0.621. The molecule has 0 saturated carbocycles. The maximum atomic E-state index is 13.6. The van der Waals surface area contributed by atoms with Gasteiger partial charge in [-0.15, -0.1) is 0 Å². The molecule has 0 aliphatic heterocycles. The van der Waals surface area contributed by atoms with Crippen molar-refractivity contribution in [3.63, 3.8) is 0 Å². The van der Waals surface area contributed by atoms with Crippen molar-refractivity contribution in [2.75, 3.05) is 18.4 Å². The zero-order valence-electron chi connectivity index (χ0n) is 30.7. The van der Waals surface area contributed by atoms with Crippen LogP contribution in [0, 0.1) is 11.6 Å². The molecule has 0 fully saturated rings. The third kappa shape index (κ3) is 9.52. The smallest absolute Gasteiger partial charge is 0.227 e. The molecule has 17 heteroatoms. The van der Waals surface area contributed by atoms with Crippen molar-refractivity contribution in [1.29, 1.82) is 0 Å². The monoisotopic (exact) mass is 766 g/mol. The molecule has 0 aromatic carbocycles. The summed E-state index contributed by atoms with van der Waals surface area (Å²) in [5.41, 5.74) is 12.1. The number of fused-ring (bicyclic) bond motifs is 2. The van der Waals surface area contributed by atoms with Crippen molar-refractivity contribution in [3.8, 4) is 22.8 Å². The standard InChI is InChI=1S/C19H20FN7.C13H11ClFN5.C6H10N2/c1-12(2)16-11-24-27-18(16)25-17(14-7-15(20)10-22-9-14)26-19(27)23-6-4-13-3-5-21-8-13;1-7(2)10-6-17-20-12(10)18-11(19-13(20)14)8-3-9(15)5-16-4-8;7-3-1-6-2-4-8-5-6/h3,5,7-12,21H,4,6H2,1-2H3,(H,23,25,26);3-7H,1-2H3;2,4-5,8H,1,3,7H2. The van der Waals surface area contributed by atoms with Gasteiger partial charge >= 0.3 is 0 Å². The van der Waals surface area contributed by atoms with Crippen molar-refractivity contribution >= 4 is 28.8 Å². The number of nitrogens with zero attached hydrogens (tertiary/aromatic N) is 10. The average molecular weight is 767 g/mol. The van der Waals surface area contributed by atoms with E-state index in [-0.39, 0.29) is 17.1 Å². The van der Waals surface area contributed by atoms with Crippen LogP contribution in [0.3, 0.4) is 0 Å². The molecule has 0 amide bonds. The van der Waals surface area contributed by atoms with Gasteiger partial charge in [0.1, 0.15) is 11.6 Å². The first kappa shape index (κ1) is 38.6. The first-order chi connectivity index (χ1) is 26.6. The number of hydrogen-bond acceptors (Lipinski definition) is 10. The van der Waals surface area contributed by atoms with Crippen LogP contribution in [0.2, 0.25) is 5.28 Å². The lowest BCUT2D eigenvalue weighted by atomic mass is 10.1. The van der Waals surface area contributed by atoms with E-state index in [4.69, 9.17) is 17.3 Å². The van der Waals surface area contributed by atoms with Crippen LogP contribution in [0.5, 0.6) is 0 Å². The molecule has 0 unspecified atom stereocenters. The summed E-state index contributed by atoms with van der Waals surface area (Å²) in [7, 11) is 0. The molecule has 5 N–H and O–H groups in total. The summed E-state index contributed by atoms with van der Waals surface area (Å²) >= 11 is 6.11. The second kappa shape index (κ2) is 17.8. The van der Waals surface area contributed by atoms with E-state index in [0.29, 0.717) is 46.6 Å². The highest BCUT2D eigenvalue weighted by Crippen LogP contribution is 2.26. The Morgan fingerprint density at radius 1 is 0.709 bits per heavy atom. The minimum Gasteiger partial charge on any atom is -0.367 e. The van der Waals surface area contributed by atoms with Crippen molar-refractivity contribution in [1.82, 2.24) is 59.1 Å². The van der Waals surface area contributed by atoms with Crippen LogP contribution >= 0.6 is 11.6 Å². The van der Waals surface area contributed by atoms with Crippen LogP contribution in [-0.4, -0.2) is 72.2 Å². The average Bonchev–Trinajstić information content (AvgIpc) is 4.00. The van der Waals surface area contributed by atoms with Crippen LogP contribution in [-0.2, 0) is 12.8 Å². The maximum absolute atomic E-state index is 13.6. The van der Waals surface area contributed by atoms with Crippen LogP contribution in [0.25, 0.3) is 34.1 Å². The summed E-state index contributed by atoms with van der Waals surface area (Å²) in [5.74, 6) is 0.954. The van der Waals surface area contributed by atoms with Crippen molar-refractivity contribution in [2.24, 2.45) is 5.73 Å². The van der Waals surface area contributed by atoms with E-state index in [0.717, 1.165) is 42.9 Å². The SMILES string of the molecule is CC(C)c1cnn2c(Cl)nc(-c3cncc(F)c3)nc12.CC(C)c1cnn2c(NCCc3cc[nH]c3)nc(-c3cncc(F)c3)nc12.NCCc1cc[nH]c1. The number of nitrogens with one attached hydrogen (secondary N) is 3. The Labute approximate surface area is 320 Å². The minimum atomic E-state index is -0.445. The molecule has 8 rings (SSSR count). The van der Waals surface area contributed by atoms with Crippen LogP contribution in [0.15, 0.2) is 86.2 Å². The first-order valence-electron chi connectivity index (χ1n) is 17.7. The fourth-order valence-electron chi connectivity index (χ4n) is 5.52. The number of nitrogens with two attached hydrogens (primary N) is 1. The van der Waals surface area contributed by atoms with Crippen molar-refractivity contribution < 1.29 is 8.78 Å². The largest absolute Gasteiger partial charge is 0.367 e. The molecule has 55 heavy (non-hydrogen) atoms. The molecule has 8 aromatic heterocycles. The van der Waals surface area contributed by atoms with E-state index in [9.17, 15) is 8.78 Å². The maximum Gasteiger partial charge on any atom is 0.227 e. The van der Waals surface area contributed by atoms with Crippen LogP contribution in [0.4, 0.5) is 14.7 Å². The second-order valence-corrected chi connectivity index (χ2v) is 13.4. The minimum absolute atomic E-state index is 0.182. The van der Waals surface area contributed by atoms with Gasteiger partial charge < -0.3 is 21.0 Å². The summed E-state index contributed by atoms with van der Waals surface area (Å²) in [6.45, 7) is 9.66. The quantitative estimate of drug-likeness (QED) is 0.113. The number of hydrogen-bond donors (Lipinski definition) is 4. The molecule has 284 valence electrons. The van der Waals surface area contributed by atoms with E-state index < -0.39 is 11.6 Å². The third-order valence-electron chi connectivity index (χ3n) is 8.38. The predicted molar refractivity (Wildman–Crippen MR) is 208 cm³/mol. The normalized spacial score (nSPS) is 11.2. The van der Waals surface area contributed by atoms with E-state index in [1.807, 2.05) is 50.8 Å². The number of aromatic amines is 2. The molecule has 0 spiro atoms. The topological polar surface area (TPSA) is 182 Å². The molecule has 0 aliphatic carbocycles. The highest BCUT2D eigenvalue weighted by Gasteiger charge is 2.17. The number of H-pyrrole nitrogens is 2. The van der Waals surface area contributed by atoms with Gasteiger partial charge in [-0.25, -0.2) is 18.7 Å². The summed E-state index contributed by atoms with van der Waals surface area (Å²) in [6.07, 6.45) is 18.4. The molecular weight excluding hydrogens is 726 g/mol. The zero-order chi connectivity index (χ0) is 38.9. The van der Waals surface area contributed by atoms with Gasteiger partial charge in [0.15, 0.2) is 22.9 Å². The Kier molecular flexibility index (Phi) is 12.5. The van der Waals surface area contributed by atoms with Gasteiger partial charge in [-0.1, -0.05) is 27.7 Å². The van der Waals surface area contributed by atoms with E-state index >= 15 is 0 Å². The Hall–Kier alpha value is -6.13. The second-order valence-electron chi connectivity index (χ2n) is 13.1. The molecule has 0 atom stereocenters. The van der Waals surface area contributed by atoms with Crippen molar-refractivity contribution in [3.05, 3.63) is 125 Å². The predicted octanol–water partition coefficient (Wildman–Crippen LogP) is 7.05. The molecule has 0 aliphatic rings. The number of aromatic nitrogens is 12. The zero-order valence-corrected chi connectivity index (χ0v) is 31.5. The third-order valence-corrected chi connectivity index (χ3v) is 8.62. The fraction of sp³-hybridized carbons (Fsp3) is 0.263.